The van der Waals surface area contributed by atoms with E-state index in [2.05, 4.69) is 0 Å². The number of nitrogens with zero attached hydrogens (tertiary/aromatic N) is 8. The molecule has 0 unspecified atom stereocenters. The molecule has 0 bridgehead atoms. The monoisotopic (exact) mass is 352 g/mol. The minimum absolute atomic E-state index is 0.117. The van der Waals surface area contributed by atoms with E-state index in [1.54, 1.807) is 0 Å². The molecule has 0 amide bonds. The Morgan fingerprint density at radius 2 is 0.792 bits per heavy atom. The fourth-order valence-electron chi connectivity index (χ4n) is 2.03. The summed E-state index contributed by atoms with van der Waals surface area (Å²) in [6, 6.07) is 0. The van der Waals surface area contributed by atoms with Crippen LogP contribution in [0.1, 0.15) is 19.3 Å². The van der Waals surface area contributed by atoms with Crippen LogP contribution in [-0.2, 0) is 0 Å². The van der Waals surface area contributed by atoms with E-state index in [1.807, 2.05) is 0 Å². The summed E-state index contributed by atoms with van der Waals surface area (Å²) in [5, 5.41) is 41.9. The van der Waals surface area contributed by atoms with Crippen LogP contribution in [0.15, 0.2) is 0 Å². The van der Waals surface area contributed by atoms with Crippen LogP contribution in [0.4, 0.5) is 0 Å². The van der Waals surface area contributed by atoms with Crippen LogP contribution in [0.2, 0.25) is 0 Å². The minimum Gasteiger partial charge on any atom is -0.235 e. The lowest BCUT2D eigenvalue weighted by Gasteiger charge is -2.24. The maximum Gasteiger partial charge on any atom is 0.212 e. The predicted molar refractivity (Wildman–Crippen MR) is 73.5 cm³/mol. The maximum atomic E-state index is 11.0. The van der Waals surface area contributed by atoms with Gasteiger partial charge in [-0.3, -0.25) is 0 Å². The highest BCUT2D eigenvalue weighted by Crippen LogP contribution is 2.08. The topological polar surface area (TPSA) is 186 Å². The average Bonchev–Trinajstić information content (AvgIpc) is 2.46. The Labute approximate surface area is 134 Å². The summed E-state index contributed by atoms with van der Waals surface area (Å²) in [4.78, 5) is 43.9. The van der Waals surface area contributed by atoms with Crippen molar-refractivity contribution in [1.29, 1.82) is 0 Å². The highest BCUT2D eigenvalue weighted by atomic mass is 16.7. The van der Waals surface area contributed by atoms with Gasteiger partial charge in [-0.15, -0.1) is 10.0 Å². The van der Waals surface area contributed by atoms with Crippen LogP contribution in [0.5, 0.6) is 0 Å². The van der Waals surface area contributed by atoms with Gasteiger partial charge in [0.2, 0.25) is 20.0 Å². The first-order chi connectivity index (χ1) is 11.2. The molecular weight excluding hydrogens is 336 g/mol. The van der Waals surface area contributed by atoms with Crippen molar-refractivity contribution in [2.75, 3.05) is 33.1 Å². The van der Waals surface area contributed by atoms with Gasteiger partial charge in [0.1, 0.15) is 0 Å². The SMILES string of the molecule is O=[N+]([O-])N1CCCCCN([N+](=O)[O-])CN([N+](=O)[O-])CN([N+](=O)[O-])C1. The third-order valence-corrected chi connectivity index (χ3v) is 3.24. The Morgan fingerprint density at radius 1 is 0.500 bits per heavy atom. The molecule has 0 aromatic carbocycles. The van der Waals surface area contributed by atoms with Crippen LogP contribution < -0.4 is 0 Å². The smallest absolute Gasteiger partial charge is 0.212 e. The molecule has 16 heteroatoms. The van der Waals surface area contributed by atoms with Gasteiger partial charge in [-0.05, 0) is 19.3 Å². The highest BCUT2D eigenvalue weighted by molar-refractivity contribution is 4.53. The van der Waals surface area contributed by atoms with E-state index in [0.29, 0.717) is 29.3 Å². The number of rotatable bonds is 4. The van der Waals surface area contributed by atoms with Gasteiger partial charge in [0.15, 0.2) is 20.1 Å². The third kappa shape index (κ3) is 5.54. The van der Waals surface area contributed by atoms with Gasteiger partial charge in [0.25, 0.3) is 0 Å². The van der Waals surface area contributed by atoms with Crippen molar-refractivity contribution in [2.24, 2.45) is 0 Å². The third-order valence-electron chi connectivity index (χ3n) is 3.24. The first-order valence-electron chi connectivity index (χ1n) is 6.79. The maximum absolute atomic E-state index is 11.0. The van der Waals surface area contributed by atoms with E-state index in [1.165, 1.54) is 0 Å². The standard InChI is InChI=1S/C8H16N8O8/c17-13(18)9-4-2-1-3-5-10(14(19)20)7-12(16(23)24)8-11(6-9)15(21)22/h1-8H2. The lowest BCUT2D eigenvalue weighted by atomic mass is 10.2. The molecule has 0 aromatic rings. The second-order valence-corrected chi connectivity index (χ2v) is 4.91. The molecule has 1 aliphatic heterocycles. The van der Waals surface area contributed by atoms with E-state index in [-0.39, 0.29) is 23.1 Å². The van der Waals surface area contributed by atoms with E-state index in [0.717, 1.165) is 0 Å². The fourth-order valence-corrected chi connectivity index (χ4v) is 2.03. The zero-order valence-electron chi connectivity index (χ0n) is 12.5. The van der Waals surface area contributed by atoms with Crippen molar-refractivity contribution in [3.63, 3.8) is 0 Å². The van der Waals surface area contributed by atoms with E-state index < -0.39 is 40.1 Å². The summed E-state index contributed by atoms with van der Waals surface area (Å²) < 4.78 is 0. The summed E-state index contributed by atoms with van der Waals surface area (Å²) in [5.41, 5.74) is 0. The van der Waals surface area contributed by atoms with Crippen LogP contribution >= 0.6 is 0 Å². The average molecular weight is 352 g/mol. The second-order valence-electron chi connectivity index (χ2n) is 4.91. The summed E-state index contributed by atoms with van der Waals surface area (Å²) in [7, 11) is 0. The summed E-state index contributed by atoms with van der Waals surface area (Å²) in [5.74, 6) is 0. The molecule has 1 heterocycles. The molecule has 0 radical (unpaired) electrons. The zero-order valence-corrected chi connectivity index (χ0v) is 12.5. The Morgan fingerprint density at radius 3 is 1.08 bits per heavy atom. The molecule has 24 heavy (non-hydrogen) atoms. The number of hydrogen-bond acceptors (Lipinski definition) is 8. The van der Waals surface area contributed by atoms with E-state index >= 15 is 0 Å². The van der Waals surface area contributed by atoms with Crippen LogP contribution in [-0.4, -0.2) is 73.3 Å². The predicted octanol–water partition coefficient (Wildman–Crippen LogP) is -0.982. The van der Waals surface area contributed by atoms with Gasteiger partial charge in [0.05, 0.1) is 13.1 Å². The second kappa shape index (κ2) is 8.44. The quantitative estimate of drug-likeness (QED) is 0.445. The number of nitro groups is 4. The Hall–Kier alpha value is -3.20. The zero-order chi connectivity index (χ0) is 18.3. The lowest BCUT2D eigenvalue weighted by molar-refractivity contribution is -0.749. The molecule has 16 nitrogen and oxygen atoms in total. The van der Waals surface area contributed by atoms with E-state index in [9.17, 15) is 40.5 Å². The van der Waals surface area contributed by atoms with Gasteiger partial charge >= 0.3 is 0 Å². The first kappa shape index (κ1) is 18.8. The van der Waals surface area contributed by atoms with Gasteiger partial charge < -0.3 is 0 Å². The van der Waals surface area contributed by atoms with Crippen molar-refractivity contribution in [2.45, 2.75) is 19.3 Å². The van der Waals surface area contributed by atoms with Gasteiger partial charge in [-0.2, -0.15) is 0 Å². The number of hydrazine groups is 4. The molecule has 1 saturated heterocycles. The van der Waals surface area contributed by atoms with Crippen molar-refractivity contribution in [3.05, 3.63) is 40.5 Å². The largest absolute Gasteiger partial charge is 0.235 e. The molecule has 0 saturated carbocycles. The molecule has 1 aliphatic rings. The molecule has 1 rings (SSSR count). The Bertz CT molecular complexity index is 460. The lowest BCUT2D eigenvalue weighted by Crippen LogP contribution is -2.53. The van der Waals surface area contributed by atoms with Crippen LogP contribution in [0.3, 0.4) is 0 Å². The molecule has 1 fully saturated rings. The van der Waals surface area contributed by atoms with Crippen LogP contribution in [0, 0.1) is 40.5 Å². The first-order valence-corrected chi connectivity index (χ1v) is 6.79. The van der Waals surface area contributed by atoms with Crippen molar-refractivity contribution < 1.29 is 20.1 Å². The van der Waals surface area contributed by atoms with Crippen molar-refractivity contribution in [1.82, 2.24) is 20.0 Å². The molecule has 0 N–H and O–H groups in total. The Kier molecular flexibility index (Phi) is 6.63. The number of hydrogen-bond donors (Lipinski definition) is 0. The molecule has 136 valence electrons. The molecule has 0 aliphatic carbocycles. The van der Waals surface area contributed by atoms with Gasteiger partial charge in [-0.25, -0.2) is 40.5 Å². The molecular formula is C8H16N8O8. The molecule has 0 spiro atoms. The fraction of sp³-hybridized carbons (Fsp3) is 1.00. The summed E-state index contributed by atoms with van der Waals surface area (Å²) in [6.45, 7) is -2.76. The van der Waals surface area contributed by atoms with Gasteiger partial charge in [0, 0.05) is 0 Å². The minimum atomic E-state index is -1.02. The molecule has 0 aromatic heterocycles. The normalized spacial score (nSPS) is 17.7. The van der Waals surface area contributed by atoms with Crippen molar-refractivity contribution >= 4 is 0 Å². The Balaban J connectivity index is 3.01. The summed E-state index contributed by atoms with van der Waals surface area (Å²) in [6.07, 6.45) is 1.000. The highest BCUT2D eigenvalue weighted by Gasteiger charge is 2.33. The molecule has 0 atom stereocenters. The van der Waals surface area contributed by atoms with Gasteiger partial charge in [-0.1, -0.05) is 10.0 Å². The summed E-state index contributed by atoms with van der Waals surface area (Å²) >= 11 is 0. The van der Waals surface area contributed by atoms with Crippen LogP contribution in [0.25, 0.3) is 0 Å². The van der Waals surface area contributed by atoms with Crippen molar-refractivity contribution in [3.8, 4) is 0 Å². The van der Waals surface area contributed by atoms with E-state index in [4.69, 9.17) is 0 Å².